The maximum Gasteiger partial charge on any atom is 0.159 e. The number of aromatic nitrogens is 1. The number of halogens is 3. The van der Waals surface area contributed by atoms with Crippen LogP contribution in [0.4, 0.5) is 8.78 Å². The fourth-order valence-corrected chi connectivity index (χ4v) is 1.89. The summed E-state index contributed by atoms with van der Waals surface area (Å²) >= 11 is 1.56. The molecule has 92 valence electrons. The Hall–Kier alpha value is -1.04. The molecule has 0 aliphatic rings. The average molecular weight is 277 g/mol. The molecule has 1 heterocycles. The molecular formula is C11H11ClF2N2S. The van der Waals surface area contributed by atoms with E-state index in [4.69, 9.17) is 0 Å². The summed E-state index contributed by atoms with van der Waals surface area (Å²) in [6.45, 7) is 1.13. The van der Waals surface area contributed by atoms with E-state index in [9.17, 15) is 8.78 Å². The third kappa shape index (κ3) is 4.03. The van der Waals surface area contributed by atoms with E-state index in [1.807, 2.05) is 5.38 Å². The predicted octanol–water partition coefficient (Wildman–Crippen LogP) is 3.13. The van der Waals surface area contributed by atoms with Crippen LogP contribution in [0.2, 0.25) is 0 Å². The normalized spacial score (nSPS) is 10.0. The van der Waals surface area contributed by atoms with Crippen LogP contribution in [-0.4, -0.2) is 4.98 Å². The molecule has 0 saturated heterocycles. The van der Waals surface area contributed by atoms with Gasteiger partial charge >= 0.3 is 0 Å². The number of nitrogens with one attached hydrogen (secondary N) is 1. The molecule has 0 bridgehead atoms. The van der Waals surface area contributed by atoms with E-state index in [-0.39, 0.29) is 12.4 Å². The SMILES string of the molecule is Cl.Fc1ccc(CNCc2nccs2)cc1F. The molecule has 0 atom stereocenters. The Kier molecular flexibility index (Phi) is 5.47. The first-order valence-corrected chi connectivity index (χ1v) is 5.66. The predicted molar refractivity (Wildman–Crippen MR) is 66.3 cm³/mol. The first-order valence-electron chi connectivity index (χ1n) is 4.79. The summed E-state index contributed by atoms with van der Waals surface area (Å²) in [6.07, 6.45) is 1.74. The molecule has 1 N–H and O–H groups in total. The van der Waals surface area contributed by atoms with Crippen molar-refractivity contribution in [2.24, 2.45) is 0 Å². The van der Waals surface area contributed by atoms with Crippen molar-refractivity contribution >= 4 is 23.7 Å². The Labute approximate surface area is 108 Å². The number of rotatable bonds is 4. The van der Waals surface area contributed by atoms with Gasteiger partial charge in [0.25, 0.3) is 0 Å². The molecule has 6 heteroatoms. The second-order valence-electron chi connectivity index (χ2n) is 3.28. The van der Waals surface area contributed by atoms with Crippen LogP contribution in [0.1, 0.15) is 10.6 Å². The van der Waals surface area contributed by atoms with Gasteiger partial charge in [0.1, 0.15) is 5.01 Å². The highest BCUT2D eigenvalue weighted by Gasteiger charge is 2.02. The van der Waals surface area contributed by atoms with Crippen molar-refractivity contribution in [1.29, 1.82) is 0 Å². The molecule has 0 spiro atoms. The zero-order valence-corrected chi connectivity index (χ0v) is 10.5. The molecule has 0 unspecified atom stereocenters. The zero-order chi connectivity index (χ0) is 11.4. The van der Waals surface area contributed by atoms with Crippen LogP contribution in [0.25, 0.3) is 0 Å². The molecule has 2 rings (SSSR count). The summed E-state index contributed by atoms with van der Waals surface area (Å²) < 4.78 is 25.5. The number of hydrogen-bond donors (Lipinski definition) is 1. The number of hydrogen-bond acceptors (Lipinski definition) is 3. The molecule has 0 aliphatic carbocycles. The Morgan fingerprint density at radius 3 is 2.65 bits per heavy atom. The number of thiazole rings is 1. The summed E-state index contributed by atoms with van der Waals surface area (Å²) in [4.78, 5) is 4.10. The van der Waals surface area contributed by atoms with Crippen LogP contribution in [-0.2, 0) is 13.1 Å². The van der Waals surface area contributed by atoms with Crippen molar-refractivity contribution in [2.75, 3.05) is 0 Å². The van der Waals surface area contributed by atoms with E-state index >= 15 is 0 Å². The lowest BCUT2D eigenvalue weighted by atomic mass is 10.2. The molecule has 1 aromatic carbocycles. The molecule has 0 aliphatic heterocycles. The van der Waals surface area contributed by atoms with Gasteiger partial charge in [0.05, 0.1) is 0 Å². The molecule has 17 heavy (non-hydrogen) atoms. The first-order chi connectivity index (χ1) is 7.75. The smallest absolute Gasteiger partial charge is 0.159 e. The average Bonchev–Trinajstić information content (AvgIpc) is 2.76. The third-order valence-electron chi connectivity index (χ3n) is 2.07. The summed E-state index contributed by atoms with van der Waals surface area (Å²) in [6, 6.07) is 3.90. The molecule has 2 aromatic rings. The number of benzene rings is 1. The maximum absolute atomic E-state index is 12.9. The van der Waals surface area contributed by atoms with E-state index in [0.29, 0.717) is 13.1 Å². The highest BCUT2D eigenvalue weighted by atomic mass is 35.5. The van der Waals surface area contributed by atoms with Gasteiger partial charge in [0.15, 0.2) is 11.6 Å². The first kappa shape index (κ1) is 14.0. The van der Waals surface area contributed by atoms with Gasteiger partial charge < -0.3 is 5.32 Å². The van der Waals surface area contributed by atoms with Gasteiger partial charge in [-0.3, -0.25) is 0 Å². The monoisotopic (exact) mass is 276 g/mol. The van der Waals surface area contributed by atoms with Crippen LogP contribution >= 0.6 is 23.7 Å². The van der Waals surface area contributed by atoms with E-state index in [1.54, 1.807) is 23.6 Å². The Morgan fingerprint density at radius 1 is 1.18 bits per heavy atom. The van der Waals surface area contributed by atoms with E-state index in [2.05, 4.69) is 10.3 Å². The van der Waals surface area contributed by atoms with Gasteiger partial charge in [0.2, 0.25) is 0 Å². The fraction of sp³-hybridized carbons (Fsp3) is 0.182. The van der Waals surface area contributed by atoms with Crippen LogP contribution in [0.15, 0.2) is 29.8 Å². The van der Waals surface area contributed by atoms with Gasteiger partial charge in [-0.1, -0.05) is 6.07 Å². The minimum Gasteiger partial charge on any atom is -0.306 e. The Bertz CT molecular complexity index is 462. The zero-order valence-electron chi connectivity index (χ0n) is 8.82. The van der Waals surface area contributed by atoms with E-state index in [1.165, 1.54) is 6.07 Å². The standard InChI is InChI=1S/C11H10F2N2S.ClH/c12-9-2-1-8(5-10(9)13)6-14-7-11-15-3-4-16-11;/h1-5,14H,6-7H2;1H. The Balaban J connectivity index is 0.00000144. The summed E-state index contributed by atoms with van der Waals surface area (Å²) in [5.74, 6) is -1.63. The van der Waals surface area contributed by atoms with Crippen LogP contribution < -0.4 is 5.32 Å². The highest BCUT2D eigenvalue weighted by molar-refractivity contribution is 7.09. The summed E-state index contributed by atoms with van der Waals surface area (Å²) in [7, 11) is 0. The summed E-state index contributed by atoms with van der Waals surface area (Å²) in [5.41, 5.74) is 0.718. The molecule has 1 aromatic heterocycles. The molecule has 2 nitrogen and oxygen atoms in total. The van der Waals surface area contributed by atoms with Gasteiger partial charge in [-0.2, -0.15) is 0 Å². The molecule has 0 saturated carbocycles. The molecule has 0 radical (unpaired) electrons. The van der Waals surface area contributed by atoms with Gasteiger partial charge in [-0.05, 0) is 17.7 Å². The van der Waals surface area contributed by atoms with Crippen molar-refractivity contribution in [3.05, 3.63) is 52.0 Å². The van der Waals surface area contributed by atoms with E-state index in [0.717, 1.165) is 16.6 Å². The Morgan fingerprint density at radius 2 is 2.00 bits per heavy atom. The fourth-order valence-electron chi connectivity index (χ4n) is 1.30. The van der Waals surface area contributed by atoms with Crippen molar-refractivity contribution in [3.8, 4) is 0 Å². The maximum atomic E-state index is 12.9. The van der Waals surface area contributed by atoms with Crippen molar-refractivity contribution in [2.45, 2.75) is 13.1 Å². The lowest BCUT2D eigenvalue weighted by molar-refractivity contribution is 0.506. The number of nitrogens with zero attached hydrogens (tertiary/aromatic N) is 1. The van der Waals surface area contributed by atoms with Gasteiger partial charge in [-0.25, -0.2) is 13.8 Å². The second kappa shape index (κ2) is 6.64. The molecule has 0 fully saturated rings. The summed E-state index contributed by atoms with van der Waals surface area (Å²) in [5, 5.41) is 5.98. The van der Waals surface area contributed by atoms with E-state index < -0.39 is 11.6 Å². The largest absolute Gasteiger partial charge is 0.306 e. The van der Waals surface area contributed by atoms with Crippen LogP contribution in [0, 0.1) is 11.6 Å². The highest BCUT2D eigenvalue weighted by Crippen LogP contribution is 2.09. The molecule has 0 amide bonds. The van der Waals surface area contributed by atoms with Gasteiger partial charge in [0, 0.05) is 24.7 Å². The second-order valence-corrected chi connectivity index (χ2v) is 4.26. The molecular weight excluding hydrogens is 266 g/mol. The van der Waals surface area contributed by atoms with Gasteiger partial charge in [-0.15, -0.1) is 23.7 Å². The van der Waals surface area contributed by atoms with Crippen molar-refractivity contribution in [3.63, 3.8) is 0 Å². The quantitative estimate of drug-likeness (QED) is 0.928. The lowest BCUT2D eigenvalue weighted by Crippen LogP contribution is -2.12. The van der Waals surface area contributed by atoms with Crippen LogP contribution in [0.3, 0.4) is 0 Å². The lowest BCUT2D eigenvalue weighted by Gasteiger charge is -2.03. The topological polar surface area (TPSA) is 24.9 Å². The van der Waals surface area contributed by atoms with Crippen molar-refractivity contribution < 1.29 is 8.78 Å². The minimum absolute atomic E-state index is 0. The van der Waals surface area contributed by atoms with Crippen LogP contribution in [0.5, 0.6) is 0 Å². The third-order valence-corrected chi connectivity index (χ3v) is 2.85. The minimum atomic E-state index is -0.816. The van der Waals surface area contributed by atoms with Crippen molar-refractivity contribution in [1.82, 2.24) is 10.3 Å².